The fourth-order valence-corrected chi connectivity index (χ4v) is 5.31. The Morgan fingerprint density at radius 3 is 2.12 bits per heavy atom. The van der Waals surface area contributed by atoms with Gasteiger partial charge in [0.2, 0.25) is 5.91 Å². The quantitative estimate of drug-likeness (QED) is 0.542. The van der Waals surface area contributed by atoms with Crippen LogP contribution in [0.4, 0.5) is 0 Å². The molecule has 1 saturated heterocycles. The third kappa shape index (κ3) is 3.95. The number of amides is 1. The van der Waals surface area contributed by atoms with Crippen LogP contribution in [0.15, 0.2) is 69.9 Å². The van der Waals surface area contributed by atoms with Crippen LogP contribution in [0.1, 0.15) is 24.1 Å². The number of rotatable bonds is 5. The van der Waals surface area contributed by atoms with Crippen LogP contribution >= 0.6 is 15.9 Å². The molecule has 0 bridgehead atoms. The average molecular weight is 497 g/mol. The highest BCUT2D eigenvalue weighted by atomic mass is 79.9. The smallest absolute Gasteiger partial charge is 0.286 e. The van der Waals surface area contributed by atoms with Gasteiger partial charge in [-0.1, -0.05) is 48.5 Å². The lowest BCUT2D eigenvalue weighted by molar-refractivity contribution is -0.137. The van der Waals surface area contributed by atoms with Crippen LogP contribution in [0, 0.1) is 0 Å². The standard InChI is InChI=1S/C25H29BrN4O2/c1-27(2)24(32)25(19-10-6-4-7-11-19)14-16-29(17-15-25)18-21-22(26)23(31)30(28(21)3)20-12-8-5-9-13-20/h4-13H,14-18H2,1-3H3. The Labute approximate surface area is 197 Å². The lowest BCUT2D eigenvalue weighted by atomic mass is 9.71. The summed E-state index contributed by atoms with van der Waals surface area (Å²) in [4.78, 5) is 30.2. The van der Waals surface area contributed by atoms with Gasteiger partial charge in [0.1, 0.15) is 4.47 Å². The lowest BCUT2D eigenvalue weighted by Gasteiger charge is -2.42. The van der Waals surface area contributed by atoms with E-state index in [1.165, 1.54) is 0 Å². The topological polar surface area (TPSA) is 50.5 Å². The third-order valence-electron chi connectivity index (χ3n) is 6.55. The number of likely N-dealkylation sites (N-methyl/N-ethyl adjacent to an activating group) is 1. The first-order valence-electron chi connectivity index (χ1n) is 10.9. The molecule has 1 aliphatic rings. The highest BCUT2D eigenvalue weighted by Gasteiger charge is 2.43. The summed E-state index contributed by atoms with van der Waals surface area (Å²) in [5.74, 6) is 0.159. The molecule has 1 amide bonds. The zero-order valence-corrected chi connectivity index (χ0v) is 20.4. The Hall–Kier alpha value is -2.64. The summed E-state index contributed by atoms with van der Waals surface area (Å²) in [5.41, 5.74) is 2.30. The Kier molecular flexibility index (Phi) is 6.40. The van der Waals surface area contributed by atoms with E-state index in [1.54, 1.807) is 9.58 Å². The van der Waals surface area contributed by atoms with E-state index in [4.69, 9.17) is 0 Å². The summed E-state index contributed by atoms with van der Waals surface area (Å²) in [6.07, 6.45) is 1.50. The molecule has 4 rings (SSSR count). The van der Waals surface area contributed by atoms with Gasteiger partial charge in [0.05, 0.1) is 16.8 Å². The molecule has 3 aromatic rings. The number of para-hydroxylation sites is 1. The van der Waals surface area contributed by atoms with Gasteiger partial charge in [0, 0.05) is 27.7 Å². The highest BCUT2D eigenvalue weighted by molar-refractivity contribution is 9.10. The van der Waals surface area contributed by atoms with Gasteiger partial charge in [-0.2, -0.15) is 0 Å². The van der Waals surface area contributed by atoms with Crippen LogP contribution in [0.2, 0.25) is 0 Å². The van der Waals surface area contributed by atoms with Crippen molar-refractivity contribution < 1.29 is 4.79 Å². The van der Waals surface area contributed by atoms with Crippen molar-refractivity contribution in [3.05, 3.63) is 86.7 Å². The molecule has 0 radical (unpaired) electrons. The Morgan fingerprint density at radius 1 is 1.00 bits per heavy atom. The summed E-state index contributed by atoms with van der Waals surface area (Å²) in [6.45, 7) is 2.21. The molecule has 0 N–H and O–H groups in total. The molecule has 1 aromatic heterocycles. The number of nitrogens with zero attached hydrogens (tertiary/aromatic N) is 4. The fraction of sp³-hybridized carbons (Fsp3) is 0.360. The van der Waals surface area contributed by atoms with Gasteiger partial charge in [-0.05, 0) is 59.6 Å². The summed E-state index contributed by atoms with van der Waals surface area (Å²) < 4.78 is 4.20. The van der Waals surface area contributed by atoms with Crippen LogP contribution in [0.3, 0.4) is 0 Å². The number of halogens is 1. The second-order valence-electron chi connectivity index (χ2n) is 8.66. The van der Waals surface area contributed by atoms with Gasteiger partial charge in [0.25, 0.3) is 5.56 Å². The first kappa shape index (κ1) is 22.6. The molecular weight excluding hydrogens is 468 g/mol. The first-order valence-corrected chi connectivity index (χ1v) is 11.7. The van der Waals surface area contributed by atoms with E-state index in [2.05, 4.69) is 33.0 Å². The molecule has 2 heterocycles. The Balaban J connectivity index is 1.58. The minimum atomic E-state index is -0.500. The van der Waals surface area contributed by atoms with Gasteiger partial charge < -0.3 is 4.90 Å². The van der Waals surface area contributed by atoms with Gasteiger partial charge in [-0.3, -0.25) is 19.2 Å². The monoisotopic (exact) mass is 496 g/mol. The van der Waals surface area contributed by atoms with Crippen molar-refractivity contribution in [3.63, 3.8) is 0 Å². The van der Waals surface area contributed by atoms with E-state index in [9.17, 15) is 9.59 Å². The van der Waals surface area contributed by atoms with E-state index in [1.807, 2.05) is 74.4 Å². The van der Waals surface area contributed by atoms with Crippen molar-refractivity contribution in [3.8, 4) is 5.69 Å². The molecule has 1 fully saturated rings. The Morgan fingerprint density at radius 2 is 1.56 bits per heavy atom. The normalized spacial score (nSPS) is 16.1. The van der Waals surface area contributed by atoms with Crippen LogP contribution in [-0.2, 0) is 23.8 Å². The van der Waals surface area contributed by atoms with Gasteiger partial charge in [-0.15, -0.1) is 0 Å². The first-order chi connectivity index (χ1) is 15.3. The molecule has 2 aromatic carbocycles. The van der Waals surface area contributed by atoms with Crippen LogP contribution in [0.5, 0.6) is 0 Å². The number of piperidine rings is 1. The Bertz CT molecular complexity index is 1140. The number of hydrogen-bond acceptors (Lipinski definition) is 3. The molecule has 6 nitrogen and oxygen atoms in total. The molecule has 0 spiro atoms. The van der Waals surface area contributed by atoms with Crippen molar-refractivity contribution in [2.75, 3.05) is 27.2 Å². The van der Waals surface area contributed by atoms with Crippen LogP contribution in [0.25, 0.3) is 5.69 Å². The molecule has 0 saturated carbocycles. The van der Waals surface area contributed by atoms with E-state index in [-0.39, 0.29) is 11.5 Å². The van der Waals surface area contributed by atoms with Gasteiger partial charge in [-0.25, -0.2) is 4.68 Å². The zero-order chi connectivity index (χ0) is 22.9. The van der Waals surface area contributed by atoms with E-state index < -0.39 is 5.41 Å². The molecule has 168 valence electrons. The number of carbonyl (C=O) groups excluding carboxylic acids is 1. The number of hydrogen-bond donors (Lipinski definition) is 0. The average Bonchev–Trinajstić information content (AvgIpc) is 3.03. The second kappa shape index (κ2) is 9.08. The van der Waals surface area contributed by atoms with Crippen molar-refractivity contribution in [2.45, 2.75) is 24.8 Å². The molecule has 32 heavy (non-hydrogen) atoms. The molecule has 7 heteroatoms. The van der Waals surface area contributed by atoms with Gasteiger partial charge >= 0.3 is 0 Å². The maximum Gasteiger partial charge on any atom is 0.286 e. The third-order valence-corrected chi connectivity index (χ3v) is 7.35. The number of carbonyl (C=O) groups is 1. The van der Waals surface area contributed by atoms with Crippen molar-refractivity contribution >= 4 is 21.8 Å². The zero-order valence-electron chi connectivity index (χ0n) is 18.8. The number of likely N-dealkylation sites (tertiary alicyclic amines) is 1. The highest BCUT2D eigenvalue weighted by Crippen LogP contribution is 2.37. The number of aromatic nitrogens is 2. The SMILES string of the molecule is CN(C)C(=O)C1(c2ccccc2)CCN(Cc2c(Br)c(=O)n(-c3ccccc3)n2C)CC1. The summed E-state index contributed by atoms with van der Waals surface area (Å²) in [6, 6.07) is 19.8. The lowest BCUT2D eigenvalue weighted by Crippen LogP contribution is -2.51. The molecule has 0 aliphatic carbocycles. The van der Waals surface area contributed by atoms with Crippen LogP contribution in [-0.4, -0.2) is 52.3 Å². The van der Waals surface area contributed by atoms with Gasteiger partial charge in [0.15, 0.2) is 0 Å². The fourth-order valence-electron chi connectivity index (χ4n) is 4.76. The molecule has 0 atom stereocenters. The largest absolute Gasteiger partial charge is 0.348 e. The van der Waals surface area contributed by atoms with Crippen molar-refractivity contribution in [1.82, 2.24) is 19.2 Å². The van der Waals surface area contributed by atoms with Crippen molar-refractivity contribution in [2.24, 2.45) is 7.05 Å². The van der Waals surface area contributed by atoms with E-state index in [0.717, 1.165) is 42.9 Å². The van der Waals surface area contributed by atoms with E-state index in [0.29, 0.717) is 11.0 Å². The predicted molar refractivity (Wildman–Crippen MR) is 130 cm³/mol. The summed E-state index contributed by atoms with van der Waals surface area (Å²) >= 11 is 3.54. The predicted octanol–water partition coefficient (Wildman–Crippen LogP) is 3.56. The minimum Gasteiger partial charge on any atom is -0.348 e. The van der Waals surface area contributed by atoms with Crippen molar-refractivity contribution in [1.29, 1.82) is 0 Å². The molecule has 0 unspecified atom stereocenters. The minimum absolute atomic E-state index is 0.0628. The van der Waals surface area contributed by atoms with E-state index >= 15 is 0 Å². The molecular formula is C25H29BrN4O2. The maximum absolute atomic E-state index is 13.2. The number of benzene rings is 2. The maximum atomic E-state index is 13.2. The summed E-state index contributed by atoms with van der Waals surface area (Å²) in [5, 5.41) is 0. The summed E-state index contributed by atoms with van der Waals surface area (Å²) in [7, 11) is 5.58. The molecule has 1 aliphatic heterocycles. The second-order valence-corrected chi connectivity index (χ2v) is 9.45. The van der Waals surface area contributed by atoms with Crippen LogP contribution < -0.4 is 5.56 Å².